The lowest BCUT2D eigenvalue weighted by molar-refractivity contribution is 0.0602. The summed E-state index contributed by atoms with van der Waals surface area (Å²) >= 11 is 0. The smallest absolute Gasteiger partial charge is 0.338 e. The first-order valence-corrected chi connectivity index (χ1v) is 4.38. The molecule has 2 aromatic rings. The Labute approximate surface area is 86.1 Å². The predicted molar refractivity (Wildman–Crippen MR) is 54.7 cm³/mol. The summed E-state index contributed by atoms with van der Waals surface area (Å²) in [7, 11) is 1.30. The number of phenolic OH excluding ortho intramolecular Hbond substituents is 1. The van der Waals surface area contributed by atoms with Crippen LogP contribution < -0.4 is 0 Å². The van der Waals surface area contributed by atoms with Crippen LogP contribution in [0.25, 0.3) is 10.9 Å². The summed E-state index contributed by atoms with van der Waals surface area (Å²) in [4.78, 5) is 15.5. The van der Waals surface area contributed by atoms with Crippen LogP contribution in [0, 0.1) is 0 Å². The number of phenols is 1. The highest BCUT2D eigenvalue weighted by atomic mass is 16.5. The van der Waals surface area contributed by atoms with Crippen molar-refractivity contribution in [3.8, 4) is 5.75 Å². The van der Waals surface area contributed by atoms with Crippen molar-refractivity contribution in [1.29, 1.82) is 0 Å². The molecule has 4 nitrogen and oxygen atoms in total. The standard InChI is InChI=1S/C11H9NO3/c1-15-11(14)9-5-7(13)6-10-8(9)3-2-4-12-10/h2-6,13H,1H3. The van der Waals surface area contributed by atoms with Crippen LogP contribution in [0.5, 0.6) is 5.75 Å². The summed E-state index contributed by atoms with van der Waals surface area (Å²) in [6.07, 6.45) is 1.60. The van der Waals surface area contributed by atoms with Crippen LogP contribution in [0.3, 0.4) is 0 Å². The van der Waals surface area contributed by atoms with E-state index < -0.39 is 5.97 Å². The maximum Gasteiger partial charge on any atom is 0.338 e. The molecule has 0 aliphatic heterocycles. The highest BCUT2D eigenvalue weighted by molar-refractivity contribution is 6.04. The third-order valence-corrected chi connectivity index (χ3v) is 2.11. The van der Waals surface area contributed by atoms with Gasteiger partial charge in [0.05, 0.1) is 18.2 Å². The highest BCUT2D eigenvalue weighted by Gasteiger charge is 2.11. The van der Waals surface area contributed by atoms with Crippen molar-refractivity contribution >= 4 is 16.9 Å². The molecule has 0 saturated carbocycles. The number of carbonyl (C=O) groups is 1. The average molecular weight is 203 g/mol. The second kappa shape index (κ2) is 3.57. The van der Waals surface area contributed by atoms with Gasteiger partial charge >= 0.3 is 5.97 Å². The molecule has 0 radical (unpaired) electrons. The zero-order chi connectivity index (χ0) is 10.8. The number of aromatic nitrogens is 1. The lowest BCUT2D eigenvalue weighted by Gasteiger charge is -2.04. The molecule has 1 aromatic heterocycles. The van der Waals surface area contributed by atoms with Gasteiger partial charge in [0.15, 0.2) is 0 Å². The number of aromatic hydroxyl groups is 1. The van der Waals surface area contributed by atoms with Crippen LogP contribution in [0.4, 0.5) is 0 Å². The number of rotatable bonds is 1. The minimum absolute atomic E-state index is 0.00148. The molecule has 76 valence electrons. The van der Waals surface area contributed by atoms with Gasteiger partial charge in [-0.05, 0) is 12.1 Å². The Kier molecular flexibility index (Phi) is 2.25. The lowest BCUT2D eigenvalue weighted by atomic mass is 10.1. The maximum absolute atomic E-state index is 11.4. The summed E-state index contributed by atoms with van der Waals surface area (Å²) in [5, 5.41) is 10.1. The topological polar surface area (TPSA) is 59.4 Å². The van der Waals surface area contributed by atoms with Crippen LogP contribution in [0.15, 0.2) is 30.5 Å². The summed E-state index contributed by atoms with van der Waals surface area (Å²) in [5.74, 6) is -0.481. The molecule has 0 unspecified atom stereocenters. The Hall–Kier alpha value is -2.10. The van der Waals surface area contributed by atoms with E-state index >= 15 is 0 Å². The Morgan fingerprint density at radius 1 is 1.47 bits per heavy atom. The second-order valence-electron chi connectivity index (χ2n) is 3.06. The Bertz CT molecular complexity index is 522. The van der Waals surface area contributed by atoms with Crippen molar-refractivity contribution in [2.24, 2.45) is 0 Å². The number of pyridine rings is 1. The van der Waals surface area contributed by atoms with Gasteiger partial charge in [-0.1, -0.05) is 6.07 Å². The summed E-state index contributed by atoms with van der Waals surface area (Å²) in [6.45, 7) is 0. The first-order chi connectivity index (χ1) is 7.22. The quantitative estimate of drug-likeness (QED) is 0.717. The van der Waals surface area contributed by atoms with E-state index in [0.29, 0.717) is 16.5 Å². The molecule has 0 bridgehead atoms. The number of benzene rings is 1. The maximum atomic E-state index is 11.4. The van der Waals surface area contributed by atoms with Crippen molar-refractivity contribution in [2.75, 3.05) is 7.11 Å². The van der Waals surface area contributed by atoms with Crippen molar-refractivity contribution in [3.05, 3.63) is 36.0 Å². The second-order valence-corrected chi connectivity index (χ2v) is 3.06. The fraction of sp³-hybridized carbons (Fsp3) is 0.0909. The van der Waals surface area contributed by atoms with Crippen LogP contribution in [0.2, 0.25) is 0 Å². The van der Waals surface area contributed by atoms with Crippen LogP contribution in [0.1, 0.15) is 10.4 Å². The van der Waals surface area contributed by atoms with Crippen molar-refractivity contribution in [1.82, 2.24) is 4.98 Å². The van der Waals surface area contributed by atoms with Gasteiger partial charge < -0.3 is 9.84 Å². The number of hydrogen-bond donors (Lipinski definition) is 1. The first-order valence-electron chi connectivity index (χ1n) is 4.38. The van der Waals surface area contributed by atoms with Gasteiger partial charge in [0.2, 0.25) is 0 Å². The molecular formula is C11H9NO3. The SMILES string of the molecule is COC(=O)c1cc(O)cc2ncccc12. The minimum atomic E-state index is -0.482. The molecule has 4 heteroatoms. The van der Waals surface area contributed by atoms with E-state index in [-0.39, 0.29) is 5.75 Å². The molecule has 2 rings (SSSR count). The highest BCUT2D eigenvalue weighted by Crippen LogP contribution is 2.23. The van der Waals surface area contributed by atoms with Crippen molar-refractivity contribution in [3.63, 3.8) is 0 Å². The number of methoxy groups -OCH3 is 1. The molecule has 0 saturated heterocycles. The van der Waals surface area contributed by atoms with Gasteiger partial charge in [-0.25, -0.2) is 4.79 Å². The molecule has 0 spiro atoms. The number of fused-ring (bicyclic) bond motifs is 1. The molecule has 1 aromatic carbocycles. The fourth-order valence-electron chi connectivity index (χ4n) is 1.45. The van der Waals surface area contributed by atoms with Gasteiger partial charge in [-0.3, -0.25) is 4.98 Å². The fourth-order valence-corrected chi connectivity index (χ4v) is 1.45. The molecule has 0 fully saturated rings. The number of carbonyl (C=O) groups excluding carboxylic acids is 1. The molecule has 15 heavy (non-hydrogen) atoms. The number of nitrogens with zero attached hydrogens (tertiary/aromatic N) is 1. The molecule has 0 amide bonds. The largest absolute Gasteiger partial charge is 0.508 e. The molecule has 0 aliphatic rings. The van der Waals surface area contributed by atoms with E-state index in [9.17, 15) is 9.90 Å². The molecule has 1 heterocycles. The lowest BCUT2D eigenvalue weighted by Crippen LogP contribution is -2.02. The summed E-state index contributed by atoms with van der Waals surface area (Å²) in [6, 6.07) is 6.36. The molecule has 0 aliphatic carbocycles. The number of ether oxygens (including phenoxy) is 1. The monoisotopic (exact) mass is 203 g/mol. The third-order valence-electron chi connectivity index (χ3n) is 2.11. The van der Waals surface area contributed by atoms with E-state index in [1.807, 2.05) is 0 Å². The van der Waals surface area contributed by atoms with Gasteiger partial charge in [-0.2, -0.15) is 0 Å². The third kappa shape index (κ3) is 1.61. The number of hydrogen-bond acceptors (Lipinski definition) is 4. The van der Waals surface area contributed by atoms with E-state index in [1.54, 1.807) is 18.3 Å². The average Bonchev–Trinajstić information content (AvgIpc) is 2.26. The Morgan fingerprint density at radius 3 is 3.00 bits per heavy atom. The normalized spacial score (nSPS) is 10.2. The minimum Gasteiger partial charge on any atom is -0.508 e. The zero-order valence-electron chi connectivity index (χ0n) is 8.10. The summed E-state index contributed by atoms with van der Waals surface area (Å²) < 4.78 is 4.62. The van der Waals surface area contributed by atoms with Gasteiger partial charge in [0.25, 0.3) is 0 Å². The van der Waals surface area contributed by atoms with Gasteiger partial charge in [-0.15, -0.1) is 0 Å². The van der Waals surface area contributed by atoms with Crippen LogP contribution in [-0.4, -0.2) is 23.2 Å². The van der Waals surface area contributed by atoms with E-state index in [0.717, 1.165) is 0 Å². The van der Waals surface area contributed by atoms with E-state index in [2.05, 4.69) is 9.72 Å². The van der Waals surface area contributed by atoms with E-state index in [1.165, 1.54) is 19.2 Å². The van der Waals surface area contributed by atoms with Crippen molar-refractivity contribution < 1.29 is 14.6 Å². The summed E-state index contributed by atoms with van der Waals surface area (Å²) in [5.41, 5.74) is 0.888. The zero-order valence-corrected chi connectivity index (χ0v) is 8.10. The Morgan fingerprint density at radius 2 is 2.27 bits per heavy atom. The van der Waals surface area contributed by atoms with Gasteiger partial charge in [0, 0.05) is 17.6 Å². The molecular weight excluding hydrogens is 194 g/mol. The van der Waals surface area contributed by atoms with Gasteiger partial charge in [0.1, 0.15) is 5.75 Å². The van der Waals surface area contributed by atoms with E-state index in [4.69, 9.17) is 0 Å². The molecule has 0 atom stereocenters. The number of esters is 1. The predicted octanol–water partition coefficient (Wildman–Crippen LogP) is 1.73. The first kappa shape index (κ1) is 9.45. The van der Waals surface area contributed by atoms with Crippen molar-refractivity contribution in [2.45, 2.75) is 0 Å². The van der Waals surface area contributed by atoms with Crippen LogP contribution in [-0.2, 0) is 4.74 Å². The van der Waals surface area contributed by atoms with Crippen LogP contribution >= 0.6 is 0 Å². The Balaban J connectivity index is 2.76. The molecule has 1 N–H and O–H groups in total.